The van der Waals surface area contributed by atoms with Gasteiger partial charge in [-0.15, -0.1) is 0 Å². The second-order valence-corrected chi connectivity index (χ2v) is 4.39. The molecule has 1 atom stereocenters. The predicted molar refractivity (Wildman–Crippen MR) is 60.4 cm³/mol. The molecular formula is C13H15FO3. The molecule has 17 heavy (non-hydrogen) atoms. The van der Waals surface area contributed by atoms with E-state index in [1.54, 1.807) is 6.07 Å². The first-order chi connectivity index (χ1) is 8.11. The molecule has 1 aromatic rings. The van der Waals surface area contributed by atoms with Crippen LogP contribution in [0.2, 0.25) is 0 Å². The Morgan fingerprint density at radius 3 is 2.82 bits per heavy atom. The van der Waals surface area contributed by atoms with Gasteiger partial charge < -0.3 is 9.84 Å². The van der Waals surface area contributed by atoms with E-state index in [0.717, 1.165) is 12.8 Å². The monoisotopic (exact) mass is 238 g/mol. The van der Waals surface area contributed by atoms with Crippen LogP contribution in [0.25, 0.3) is 0 Å². The topological polar surface area (TPSA) is 46.5 Å². The Balaban J connectivity index is 2.02. The molecule has 1 unspecified atom stereocenters. The molecule has 0 spiro atoms. The van der Waals surface area contributed by atoms with E-state index in [1.807, 2.05) is 0 Å². The number of ketones is 1. The van der Waals surface area contributed by atoms with Crippen molar-refractivity contribution in [1.82, 2.24) is 0 Å². The Bertz CT molecular complexity index is 427. The summed E-state index contributed by atoms with van der Waals surface area (Å²) in [4.78, 5) is 11.7. The Kier molecular flexibility index (Phi) is 3.43. The number of methoxy groups -OCH3 is 1. The molecule has 0 heterocycles. The number of carbonyl (C=O) groups excluding carboxylic acids is 1. The summed E-state index contributed by atoms with van der Waals surface area (Å²) in [6.45, 7) is 0. The number of Topliss-reactive ketones (excluding diaryl/α,β-unsaturated/α-hetero) is 1. The number of ether oxygens (including phenoxy) is 1. The summed E-state index contributed by atoms with van der Waals surface area (Å²) in [7, 11) is 1.39. The van der Waals surface area contributed by atoms with Gasteiger partial charge in [0.05, 0.1) is 7.11 Å². The molecule has 4 heteroatoms. The molecule has 1 saturated carbocycles. The first-order valence-corrected chi connectivity index (χ1v) is 5.65. The third-order valence-electron chi connectivity index (χ3n) is 2.99. The average Bonchev–Trinajstić information content (AvgIpc) is 3.12. The molecule has 0 bridgehead atoms. The third-order valence-corrected chi connectivity index (χ3v) is 2.99. The van der Waals surface area contributed by atoms with Crippen molar-refractivity contribution < 1.29 is 19.0 Å². The van der Waals surface area contributed by atoms with Crippen molar-refractivity contribution in [2.75, 3.05) is 7.11 Å². The molecule has 0 amide bonds. The highest BCUT2D eigenvalue weighted by molar-refractivity contribution is 5.85. The van der Waals surface area contributed by atoms with Crippen LogP contribution in [-0.2, 0) is 11.2 Å². The van der Waals surface area contributed by atoms with Crippen molar-refractivity contribution in [3.63, 3.8) is 0 Å². The van der Waals surface area contributed by atoms with Gasteiger partial charge in [0.1, 0.15) is 6.10 Å². The first-order valence-electron chi connectivity index (χ1n) is 5.65. The van der Waals surface area contributed by atoms with Gasteiger partial charge in [0.25, 0.3) is 0 Å². The molecular weight excluding hydrogens is 223 g/mol. The zero-order valence-electron chi connectivity index (χ0n) is 9.65. The molecule has 92 valence electrons. The maximum atomic E-state index is 13.4. The highest BCUT2D eigenvalue weighted by Gasteiger charge is 2.34. The molecule has 3 nitrogen and oxygen atoms in total. The minimum Gasteiger partial charge on any atom is -0.494 e. The number of aliphatic hydroxyl groups is 1. The van der Waals surface area contributed by atoms with Gasteiger partial charge in [0, 0.05) is 6.42 Å². The lowest BCUT2D eigenvalue weighted by molar-refractivity contribution is -0.127. The number of hydrogen-bond acceptors (Lipinski definition) is 3. The average molecular weight is 238 g/mol. The van der Waals surface area contributed by atoms with Crippen LogP contribution >= 0.6 is 0 Å². The molecule has 0 aliphatic heterocycles. The third kappa shape index (κ3) is 2.82. The normalized spacial score (nSPS) is 16.6. The van der Waals surface area contributed by atoms with Crippen molar-refractivity contribution in [2.24, 2.45) is 5.92 Å². The van der Waals surface area contributed by atoms with Gasteiger partial charge in [-0.25, -0.2) is 4.39 Å². The molecule has 0 saturated heterocycles. The highest BCUT2D eigenvalue weighted by atomic mass is 19.1. The fourth-order valence-corrected chi connectivity index (χ4v) is 1.80. The van der Waals surface area contributed by atoms with Gasteiger partial charge in [0.15, 0.2) is 17.3 Å². The van der Waals surface area contributed by atoms with Crippen LogP contribution in [0.1, 0.15) is 18.4 Å². The summed E-state index contributed by atoms with van der Waals surface area (Å²) in [5, 5.41) is 9.62. The molecule has 1 N–H and O–H groups in total. The van der Waals surface area contributed by atoms with E-state index in [0.29, 0.717) is 5.56 Å². The van der Waals surface area contributed by atoms with E-state index < -0.39 is 11.9 Å². The Labute approximate surface area is 99.2 Å². The summed E-state index contributed by atoms with van der Waals surface area (Å²) in [5.41, 5.74) is 0.563. The zero-order valence-corrected chi connectivity index (χ0v) is 9.65. The standard InChI is InChI=1S/C13H15FO3/c1-17-12-5-2-8(6-10(12)14)7-11(15)13(16)9-3-4-9/h2,5-6,9,13,16H,3-4,7H2,1H3. The van der Waals surface area contributed by atoms with E-state index >= 15 is 0 Å². The second kappa shape index (κ2) is 4.84. The predicted octanol–water partition coefficient (Wildman–Crippen LogP) is 1.72. The van der Waals surface area contributed by atoms with Gasteiger partial charge in [-0.1, -0.05) is 6.07 Å². The summed E-state index contributed by atoms with van der Waals surface area (Å²) in [5.74, 6) is -0.453. The fraction of sp³-hybridized carbons (Fsp3) is 0.462. The first kappa shape index (κ1) is 12.0. The Hall–Kier alpha value is -1.42. The van der Waals surface area contributed by atoms with E-state index in [4.69, 9.17) is 4.74 Å². The van der Waals surface area contributed by atoms with Crippen molar-refractivity contribution >= 4 is 5.78 Å². The van der Waals surface area contributed by atoms with Gasteiger partial charge >= 0.3 is 0 Å². The van der Waals surface area contributed by atoms with Crippen LogP contribution in [0, 0.1) is 11.7 Å². The minimum absolute atomic E-state index is 0.0680. The van der Waals surface area contributed by atoms with Crippen LogP contribution in [0.15, 0.2) is 18.2 Å². The van der Waals surface area contributed by atoms with Crippen LogP contribution in [0.5, 0.6) is 5.75 Å². The van der Waals surface area contributed by atoms with Crippen LogP contribution in [-0.4, -0.2) is 24.1 Å². The summed E-state index contributed by atoms with van der Waals surface area (Å²) >= 11 is 0. The maximum Gasteiger partial charge on any atom is 0.165 e. The Morgan fingerprint density at radius 2 is 2.29 bits per heavy atom. The summed E-state index contributed by atoms with van der Waals surface area (Å²) in [6, 6.07) is 4.40. The smallest absolute Gasteiger partial charge is 0.165 e. The summed E-state index contributed by atoms with van der Waals surface area (Å²) < 4.78 is 18.2. The maximum absolute atomic E-state index is 13.4. The van der Waals surface area contributed by atoms with E-state index in [-0.39, 0.29) is 23.9 Å². The van der Waals surface area contributed by atoms with Crippen molar-refractivity contribution in [1.29, 1.82) is 0 Å². The highest BCUT2D eigenvalue weighted by Crippen LogP contribution is 2.33. The molecule has 1 aromatic carbocycles. The van der Waals surface area contributed by atoms with Crippen LogP contribution < -0.4 is 4.74 Å². The lowest BCUT2D eigenvalue weighted by Crippen LogP contribution is -2.24. The number of rotatable bonds is 5. The lowest BCUT2D eigenvalue weighted by atomic mass is 10.0. The van der Waals surface area contributed by atoms with Crippen molar-refractivity contribution in [3.05, 3.63) is 29.6 Å². The molecule has 2 rings (SSSR count). The van der Waals surface area contributed by atoms with Crippen molar-refractivity contribution in [2.45, 2.75) is 25.4 Å². The number of hydrogen-bond donors (Lipinski definition) is 1. The second-order valence-electron chi connectivity index (χ2n) is 4.39. The van der Waals surface area contributed by atoms with E-state index in [2.05, 4.69) is 0 Å². The lowest BCUT2D eigenvalue weighted by Gasteiger charge is -2.09. The number of carbonyl (C=O) groups is 1. The molecule has 0 aromatic heterocycles. The molecule has 0 radical (unpaired) electrons. The van der Waals surface area contributed by atoms with Gasteiger partial charge in [-0.2, -0.15) is 0 Å². The van der Waals surface area contributed by atoms with Crippen molar-refractivity contribution in [3.8, 4) is 5.75 Å². The zero-order chi connectivity index (χ0) is 12.4. The molecule has 1 aliphatic rings. The van der Waals surface area contributed by atoms with Crippen LogP contribution in [0.3, 0.4) is 0 Å². The number of halogens is 1. The fourth-order valence-electron chi connectivity index (χ4n) is 1.80. The Morgan fingerprint density at radius 1 is 1.59 bits per heavy atom. The van der Waals surface area contributed by atoms with Gasteiger partial charge in [-0.05, 0) is 36.5 Å². The SMILES string of the molecule is COc1ccc(CC(=O)C(O)C2CC2)cc1F. The summed E-state index contributed by atoms with van der Waals surface area (Å²) in [6.07, 6.45) is 0.993. The largest absolute Gasteiger partial charge is 0.494 e. The number of aliphatic hydroxyl groups excluding tert-OH is 1. The van der Waals surface area contributed by atoms with Gasteiger partial charge in [-0.3, -0.25) is 4.79 Å². The number of benzene rings is 1. The quantitative estimate of drug-likeness (QED) is 0.849. The molecule has 1 fully saturated rings. The van der Waals surface area contributed by atoms with Crippen LogP contribution in [0.4, 0.5) is 4.39 Å². The van der Waals surface area contributed by atoms with E-state index in [1.165, 1.54) is 19.2 Å². The minimum atomic E-state index is -0.889. The van der Waals surface area contributed by atoms with Gasteiger partial charge in [0.2, 0.25) is 0 Å². The van der Waals surface area contributed by atoms with E-state index in [9.17, 15) is 14.3 Å². The molecule has 1 aliphatic carbocycles.